The average molecular weight is 199 g/mol. The maximum absolute atomic E-state index is 6.14. The van der Waals surface area contributed by atoms with Gasteiger partial charge in [0.2, 0.25) is 0 Å². The molecule has 0 spiro atoms. The summed E-state index contributed by atoms with van der Waals surface area (Å²) in [6.07, 6.45) is 10.5. The summed E-state index contributed by atoms with van der Waals surface area (Å²) in [4.78, 5) is 0. The first-order chi connectivity index (χ1) is 6.72. The Bertz CT molecular complexity index is 97.8. The fraction of sp³-hybridized carbons (Fsp3) is 1.00. The van der Waals surface area contributed by atoms with Gasteiger partial charge >= 0.3 is 0 Å². The van der Waals surface area contributed by atoms with Crippen molar-refractivity contribution >= 4 is 0 Å². The van der Waals surface area contributed by atoms with E-state index in [1.54, 1.807) is 0 Å². The van der Waals surface area contributed by atoms with Crippen LogP contribution in [0.4, 0.5) is 0 Å². The molecule has 0 aromatic rings. The summed E-state index contributed by atoms with van der Waals surface area (Å²) in [6, 6.07) is 0.443. The molecule has 1 heteroatoms. The minimum Gasteiger partial charge on any atom is -0.327 e. The minimum absolute atomic E-state index is 0.443. The highest BCUT2D eigenvalue weighted by atomic mass is 14.6. The van der Waals surface area contributed by atoms with Crippen LogP contribution in [0.15, 0.2) is 0 Å². The molecule has 14 heavy (non-hydrogen) atoms. The fourth-order valence-electron chi connectivity index (χ4n) is 1.84. The molecule has 0 heterocycles. The highest BCUT2D eigenvalue weighted by molar-refractivity contribution is 4.69. The van der Waals surface area contributed by atoms with E-state index in [2.05, 4.69) is 20.8 Å². The number of rotatable bonds is 9. The molecule has 0 saturated carbocycles. The summed E-state index contributed by atoms with van der Waals surface area (Å²) in [6.45, 7) is 6.81. The molecule has 2 unspecified atom stereocenters. The van der Waals surface area contributed by atoms with Gasteiger partial charge in [-0.2, -0.15) is 0 Å². The van der Waals surface area contributed by atoms with Gasteiger partial charge in [-0.1, -0.05) is 59.3 Å². The van der Waals surface area contributed by atoms with Crippen molar-refractivity contribution in [2.75, 3.05) is 0 Å². The van der Waals surface area contributed by atoms with Crippen molar-refractivity contribution in [3.8, 4) is 0 Å². The Kier molecular flexibility index (Phi) is 9.49. The minimum atomic E-state index is 0.443. The smallest absolute Gasteiger partial charge is 0.00645 e. The van der Waals surface area contributed by atoms with Crippen molar-refractivity contribution in [3.63, 3.8) is 0 Å². The van der Waals surface area contributed by atoms with Gasteiger partial charge in [0, 0.05) is 6.04 Å². The number of hydrogen-bond acceptors (Lipinski definition) is 1. The third-order valence-electron chi connectivity index (χ3n) is 3.13. The maximum atomic E-state index is 6.14. The van der Waals surface area contributed by atoms with Gasteiger partial charge in [0.1, 0.15) is 0 Å². The van der Waals surface area contributed by atoms with Crippen molar-refractivity contribution in [2.45, 2.75) is 78.2 Å². The maximum Gasteiger partial charge on any atom is 0.00645 e. The van der Waals surface area contributed by atoms with Gasteiger partial charge in [0.25, 0.3) is 0 Å². The van der Waals surface area contributed by atoms with Crippen molar-refractivity contribution in [3.05, 3.63) is 0 Å². The third-order valence-corrected chi connectivity index (χ3v) is 3.13. The molecule has 86 valence electrons. The van der Waals surface area contributed by atoms with Gasteiger partial charge in [-0.15, -0.1) is 0 Å². The van der Waals surface area contributed by atoms with E-state index < -0.39 is 0 Å². The lowest BCUT2D eigenvalue weighted by molar-refractivity contribution is 0.381. The van der Waals surface area contributed by atoms with Crippen LogP contribution >= 0.6 is 0 Å². The zero-order chi connectivity index (χ0) is 10.8. The first-order valence-corrected chi connectivity index (χ1v) is 6.47. The molecule has 0 aliphatic rings. The zero-order valence-corrected chi connectivity index (χ0v) is 10.4. The van der Waals surface area contributed by atoms with E-state index in [1.165, 1.54) is 51.4 Å². The van der Waals surface area contributed by atoms with Gasteiger partial charge in [-0.05, 0) is 18.8 Å². The van der Waals surface area contributed by atoms with E-state index in [9.17, 15) is 0 Å². The van der Waals surface area contributed by atoms with Crippen molar-refractivity contribution in [2.24, 2.45) is 11.7 Å². The molecular formula is C13H29N. The van der Waals surface area contributed by atoms with Crippen LogP contribution in [0.25, 0.3) is 0 Å². The van der Waals surface area contributed by atoms with Gasteiger partial charge in [-0.25, -0.2) is 0 Å². The molecular weight excluding hydrogens is 170 g/mol. The summed E-state index contributed by atoms with van der Waals surface area (Å²) >= 11 is 0. The van der Waals surface area contributed by atoms with Crippen LogP contribution < -0.4 is 5.73 Å². The molecule has 0 aliphatic carbocycles. The molecule has 0 fully saturated rings. The fourth-order valence-corrected chi connectivity index (χ4v) is 1.84. The van der Waals surface area contributed by atoms with E-state index >= 15 is 0 Å². The van der Waals surface area contributed by atoms with Crippen LogP contribution in [-0.2, 0) is 0 Å². The third kappa shape index (κ3) is 7.37. The first kappa shape index (κ1) is 14.0. The molecule has 0 aliphatic heterocycles. The molecule has 0 rings (SSSR count). The number of unbranched alkanes of at least 4 members (excludes halogenated alkanes) is 4. The van der Waals surface area contributed by atoms with Crippen molar-refractivity contribution in [1.82, 2.24) is 0 Å². The lowest BCUT2D eigenvalue weighted by Crippen LogP contribution is -2.28. The van der Waals surface area contributed by atoms with Crippen molar-refractivity contribution < 1.29 is 0 Å². The van der Waals surface area contributed by atoms with Crippen molar-refractivity contribution in [1.29, 1.82) is 0 Å². The highest BCUT2D eigenvalue weighted by Crippen LogP contribution is 2.16. The lowest BCUT2D eigenvalue weighted by atomic mass is 9.92. The van der Waals surface area contributed by atoms with Gasteiger partial charge in [0.05, 0.1) is 0 Å². The largest absolute Gasteiger partial charge is 0.327 e. The molecule has 0 radical (unpaired) electrons. The summed E-state index contributed by atoms with van der Waals surface area (Å²) in [5.74, 6) is 0.721. The monoisotopic (exact) mass is 199 g/mol. The summed E-state index contributed by atoms with van der Waals surface area (Å²) < 4.78 is 0. The molecule has 0 saturated heterocycles. The molecule has 2 atom stereocenters. The molecule has 0 aromatic carbocycles. The second-order valence-corrected chi connectivity index (χ2v) is 4.63. The number of hydrogen-bond donors (Lipinski definition) is 1. The average Bonchev–Trinajstić information content (AvgIpc) is 2.18. The Morgan fingerprint density at radius 1 is 0.857 bits per heavy atom. The van der Waals surface area contributed by atoms with Gasteiger partial charge in [0.15, 0.2) is 0 Å². The molecule has 2 N–H and O–H groups in total. The molecule has 1 nitrogen and oxygen atoms in total. The Morgan fingerprint density at radius 3 is 1.86 bits per heavy atom. The molecule has 0 aromatic heterocycles. The van der Waals surface area contributed by atoms with E-state index in [-0.39, 0.29) is 0 Å². The van der Waals surface area contributed by atoms with E-state index in [0.29, 0.717) is 6.04 Å². The summed E-state index contributed by atoms with van der Waals surface area (Å²) in [5, 5.41) is 0. The Hall–Kier alpha value is -0.0400. The Morgan fingerprint density at radius 2 is 1.36 bits per heavy atom. The number of nitrogens with two attached hydrogens (primary N) is 1. The molecule has 0 bridgehead atoms. The van der Waals surface area contributed by atoms with Crippen LogP contribution in [0.3, 0.4) is 0 Å². The highest BCUT2D eigenvalue weighted by Gasteiger charge is 2.11. The predicted molar refractivity (Wildman–Crippen MR) is 65.4 cm³/mol. The summed E-state index contributed by atoms with van der Waals surface area (Å²) in [7, 11) is 0. The van der Waals surface area contributed by atoms with E-state index in [0.717, 1.165) is 5.92 Å². The predicted octanol–water partition coefficient (Wildman–Crippen LogP) is 4.11. The van der Waals surface area contributed by atoms with Crippen LogP contribution in [-0.4, -0.2) is 6.04 Å². The Balaban J connectivity index is 3.39. The summed E-state index contributed by atoms with van der Waals surface area (Å²) in [5.41, 5.74) is 6.14. The van der Waals surface area contributed by atoms with E-state index in [1.807, 2.05) is 0 Å². The van der Waals surface area contributed by atoms with Crippen LogP contribution in [0.5, 0.6) is 0 Å². The Labute approximate surface area is 90.5 Å². The van der Waals surface area contributed by atoms with Crippen LogP contribution in [0.1, 0.15) is 72.1 Å². The SMILES string of the molecule is CCCCCC(C)C(N)CCCCC. The van der Waals surface area contributed by atoms with Gasteiger partial charge in [-0.3, -0.25) is 0 Å². The van der Waals surface area contributed by atoms with Crippen LogP contribution in [0.2, 0.25) is 0 Å². The second-order valence-electron chi connectivity index (χ2n) is 4.63. The zero-order valence-electron chi connectivity index (χ0n) is 10.4. The van der Waals surface area contributed by atoms with Gasteiger partial charge < -0.3 is 5.73 Å². The van der Waals surface area contributed by atoms with Crippen LogP contribution in [0, 0.1) is 5.92 Å². The topological polar surface area (TPSA) is 26.0 Å². The molecule has 0 amide bonds. The first-order valence-electron chi connectivity index (χ1n) is 6.47. The second kappa shape index (κ2) is 9.51. The lowest BCUT2D eigenvalue weighted by Gasteiger charge is -2.19. The van der Waals surface area contributed by atoms with E-state index in [4.69, 9.17) is 5.73 Å². The quantitative estimate of drug-likeness (QED) is 0.556. The standard InChI is InChI=1S/C13H29N/c1-4-6-8-10-12(3)13(14)11-9-7-5-2/h12-13H,4-11,14H2,1-3H3. The normalized spacial score (nSPS) is 15.4.